The molecule has 0 radical (unpaired) electrons. The molecule has 0 saturated heterocycles. The minimum absolute atomic E-state index is 0.864. The highest BCUT2D eigenvalue weighted by molar-refractivity contribution is 14.1. The van der Waals surface area contributed by atoms with Gasteiger partial charge in [-0.25, -0.2) is 0 Å². The van der Waals surface area contributed by atoms with E-state index >= 15 is 0 Å². The molecular weight excluding hydrogens is 363 g/mol. The number of rotatable bonds is 3. The van der Waals surface area contributed by atoms with Crippen LogP contribution in [0.3, 0.4) is 0 Å². The quantitative estimate of drug-likeness (QED) is 0.563. The van der Waals surface area contributed by atoms with E-state index in [4.69, 9.17) is 9.15 Å². The first-order chi connectivity index (χ1) is 9.67. The van der Waals surface area contributed by atoms with E-state index in [0.29, 0.717) is 0 Å². The lowest BCUT2D eigenvalue weighted by atomic mass is 10.0. The average molecular weight is 380 g/mol. The van der Waals surface area contributed by atoms with Gasteiger partial charge in [-0.05, 0) is 59.2 Å². The largest absolute Gasteiger partial charge is 0.496 e. The number of aryl methyl sites for hydroxylation is 2. The van der Waals surface area contributed by atoms with Gasteiger partial charge in [-0.3, -0.25) is 0 Å². The van der Waals surface area contributed by atoms with Crippen LogP contribution in [0, 0.1) is 10.5 Å². The average Bonchev–Trinajstić information content (AvgIpc) is 2.83. The highest BCUT2D eigenvalue weighted by Crippen LogP contribution is 2.38. The van der Waals surface area contributed by atoms with Crippen molar-refractivity contribution in [3.63, 3.8) is 0 Å². The molecule has 1 aromatic heterocycles. The SMILES string of the molecule is CCCc1ccc2c(oc3c(I)c(OC)ccc32)c1C. The molecule has 3 aromatic rings. The first-order valence-corrected chi connectivity index (χ1v) is 7.92. The fourth-order valence-corrected chi connectivity index (χ4v) is 3.53. The molecule has 0 saturated carbocycles. The summed E-state index contributed by atoms with van der Waals surface area (Å²) in [6.07, 6.45) is 2.25. The van der Waals surface area contributed by atoms with Crippen molar-refractivity contribution in [3.05, 3.63) is 39.0 Å². The van der Waals surface area contributed by atoms with Crippen LogP contribution >= 0.6 is 22.6 Å². The van der Waals surface area contributed by atoms with Crippen molar-refractivity contribution >= 4 is 44.5 Å². The van der Waals surface area contributed by atoms with Crippen LogP contribution in [-0.2, 0) is 6.42 Å². The minimum atomic E-state index is 0.864. The van der Waals surface area contributed by atoms with Gasteiger partial charge in [0.1, 0.15) is 11.3 Å². The number of methoxy groups -OCH3 is 1. The molecule has 3 heteroatoms. The van der Waals surface area contributed by atoms with Gasteiger partial charge in [0.2, 0.25) is 0 Å². The summed E-state index contributed by atoms with van der Waals surface area (Å²) in [5, 5.41) is 2.36. The van der Waals surface area contributed by atoms with E-state index in [1.54, 1.807) is 7.11 Å². The van der Waals surface area contributed by atoms with Gasteiger partial charge in [-0.2, -0.15) is 0 Å². The minimum Gasteiger partial charge on any atom is -0.496 e. The van der Waals surface area contributed by atoms with Crippen LogP contribution in [0.4, 0.5) is 0 Å². The molecule has 0 fully saturated rings. The number of furan rings is 1. The molecule has 0 N–H and O–H groups in total. The maximum atomic E-state index is 6.16. The molecule has 2 nitrogen and oxygen atoms in total. The molecule has 0 spiro atoms. The fraction of sp³-hybridized carbons (Fsp3) is 0.294. The third-order valence-electron chi connectivity index (χ3n) is 3.81. The number of halogens is 1. The van der Waals surface area contributed by atoms with Gasteiger partial charge in [0.15, 0.2) is 5.58 Å². The summed E-state index contributed by atoms with van der Waals surface area (Å²) in [6.45, 7) is 4.36. The molecule has 0 aliphatic carbocycles. The summed E-state index contributed by atoms with van der Waals surface area (Å²) in [4.78, 5) is 0. The maximum absolute atomic E-state index is 6.16. The second-order valence-corrected chi connectivity index (χ2v) is 6.12. The Morgan fingerprint density at radius 3 is 2.50 bits per heavy atom. The molecule has 3 rings (SSSR count). The predicted molar refractivity (Wildman–Crippen MR) is 91.7 cm³/mol. The van der Waals surface area contributed by atoms with Gasteiger partial charge in [0.25, 0.3) is 0 Å². The van der Waals surface area contributed by atoms with Crippen molar-refractivity contribution in [2.75, 3.05) is 7.11 Å². The Balaban J connectivity index is 2.35. The lowest BCUT2D eigenvalue weighted by Gasteiger charge is -2.03. The van der Waals surface area contributed by atoms with Gasteiger partial charge in [0, 0.05) is 10.8 Å². The number of hydrogen-bond acceptors (Lipinski definition) is 2. The Morgan fingerprint density at radius 2 is 1.80 bits per heavy atom. The Labute approximate surface area is 132 Å². The molecule has 104 valence electrons. The van der Waals surface area contributed by atoms with Crippen molar-refractivity contribution in [1.29, 1.82) is 0 Å². The van der Waals surface area contributed by atoms with Crippen LogP contribution in [0.5, 0.6) is 5.75 Å². The molecule has 1 heterocycles. The summed E-state index contributed by atoms with van der Waals surface area (Å²) >= 11 is 2.29. The first-order valence-electron chi connectivity index (χ1n) is 6.84. The molecular formula is C17H17IO2. The van der Waals surface area contributed by atoms with Gasteiger partial charge in [-0.1, -0.05) is 25.5 Å². The summed E-state index contributed by atoms with van der Waals surface area (Å²) in [5.74, 6) is 0.864. The van der Waals surface area contributed by atoms with Crippen LogP contribution < -0.4 is 4.74 Å². The third-order valence-corrected chi connectivity index (χ3v) is 4.83. The predicted octanol–water partition coefficient (Wildman–Crippen LogP) is 5.46. The number of fused-ring (bicyclic) bond motifs is 3. The van der Waals surface area contributed by atoms with E-state index < -0.39 is 0 Å². The highest BCUT2D eigenvalue weighted by Gasteiger charge is 2.15. The Morgan fingerprint density at radius 1 is 1.10 bits per heavy atom. The van der Waals surface area contributed by atoms with Crippen LogP contribution in [0.15, 0.2) is 28.7 Å². The summed E-state index contributed by atoms with van der Waals surface area (Å²) in [6, 6.07) is 8.50. The topological polar surface area (TPSA) is 22.4 Å². The van der Waals surface area contributed by atoms with Crippen molar-refractivity contribution in [2.24, 2.45) is 0 Å². The molecule has 20 heavy (non-hydrogen) atoms. The van der Waals surface area contributed by atoms with Gasteiger partial charge in [-0.15, -0.1) is 0 Å². The second kappa shape index (κ2) is 5.28. The summed E-state index contributed by atoms with van der Waals surface area (Å²) in [5.41, 5.74) is 4.57. The molecule has 0 amide bonds. The molecule has 0 atom stereocenters. The standard InChI is InChI=1S/C17H17IO2/c1-4-5-11-6-7-12-13-8-9-14(19-3)15(18)17(13)20-16(12)10(11)2/h6-9H,4-5H2,1-3H3. The van der Waals surface area contributed by atoms with Crippen LogP contribution in [0.1, 0.15) is 24.5 Å². The Kier molecular flexibility index (Phi) is 3.63. The van der Waals surface area contributed by atoms with E-state index in [2.05, 4.69) is 54.6 Å². The van der Waals surface area contributed by atoms with Gasteiger partial charge >= 0.3 is 0 Å². The first kappa shape index (κ1) is 13.7. The van der Waals surface area contributed by atoms with Crippen molar-refractivity contribution in [1.82, 2.24) is 0 Å². The lowest BCUT2D eigenvalue weighted by molar-refractivity contribution is 0.411. The van der Waals surface area contributed by atoms with E-state index in [0.717, 1.165) is 38.7 Å². The zero-order valence-corrected chi connectivity index (χ0v) is 14.1. The van der Waals surface area contributed by atoms with Crippen LogP contribution in [-0.4, -0.2) is 7.11 Å². The fourth-order valence-electron chi connectivity index (χ4n) is 2.73. The maximum Gasteiger partial charge on any atom is 0.152 e. The monoisotopic (exact) mass is 380 g/mol. The smallest absolute Gasteiger partial charge is 0.152 e. The van der Waals surface area contributed by atoms with Crippen molar-refractivity contribution in [2.45, 2.75) is 26.7 Å². The second-order valence-electron chi connectivity index (χ2n) is 5.04. The molecule has 0 bridgehead atoms. The van der Waals surface area contributed by atoms with Crippen molar-refractivity contribution in [3.8, 4) is 5.75 Å². The Hall–Kier alpha value is -1.23. The third kappa shape index (κ3) is 1.99. The normalized spacial score (nSPS) is 11.4. The lowest BCUT2D eigenvalue weighted by Crippen LogP contribution is -1.88. The van der Waals surface area contributed by atoms with Crippen molar-refractivity contribution < 1.29 is 9.15 Å². The number of benzene rings is 2. The van der Waals surface area contributed by atoms with E-state index in [1.807, 2.05) is 6.07 Å². The molecule has 0 aliphatic rings. The zero-order valence-electron chi connectivity index (χ0n) is 11.9. The number of ether oxygens (including phenoxy) is 1. The summed E-state index contributed by atoms with van der Waals surface area (Å²) < 4.78 is 12.6. The van der Waals surface area contributed by atoms with E-state index in [-0.39, 0.29) is 0 Å². The molecule has 2 aromatic carbocycles. The Bertz CT molecular complexity index is 787. The molecule has 0 aliphatic heterocycles. The van der Waals surface area contributed by atoms with Crippen LogP contribution in [0.25, 0.3) is 21.9 Å². The van der Waals surface area contributed by atoms with E-state index in [1.165, 1.54) is 16.5 Å². The zero-order chi connectivity index (χ0) is 14.3. The van der Waals surface area contributed by atoms with Gasteiger partial charge in [0.05, 0.1) is 10.7 Å². The summed E-state index contributed by atoms with van der Waals surface area (Å²) in [7, 11) is 1.69. The molecule has 0 unspecified atom stereocenters. The number of hydrogen-bond donors (Lipinski definition) is 0. The van der Waals surface area contributed by atoms with E-state index in [9.17, 15) is 0 Å². The highest BCUT2D eigenvalue weighted by atomic mass is 127. The van der Waals surface area contributed by atoms with Crippen LogP contribution in [0.2, 0.25) is 0 Å². The van der Waals surface area contributed by atoms with Gasteiger partial charge < -0.3 is 9.15 Å².